The molecule has 4 aromatic rings. The van der Waals surface area contributed by atoms with E-state index in [4.69, 9.17) is 4.74 Å². The SMILES string of the molecule is COc1ccccc1C(=O)n1nc(-c2ccccc2)nc1NCc1ccc(N(C)C)cc1. The first-order valence-corrected chi connectivity index (χ1v) is 10.3. The van der Waals surface area contributed by atoms with Crippen molar-refractivity contribution in [2.45, 2.75) is 6.54 Å². The van der Waals surface area contributed by atoms with Crippen LogP contribution in [-0.2, 0) is 6.54 Å². The molecule has 7 nitrogen and oxygen atoms in total. The minimum absolute atomic E-state index is 0.317. The van der Waals surface area contributed by atoms with Crippen LogP contribution in [0.25, 0.3) is 11.4 Å². The van der Waals surface area contributed by atoms with Crippen molar-refractivity contribution in [2.24, 2.45) is 0 Å². The molecule has 0 bridgehead atoms. The zero-order chi connectivity index (χ0) is 22.5. The average molecular weight is 428 g/mol. The van der Waals surface area contributed by atoms with Gasteiger partial charge in [-0.25, -0.2) is 0 Å². The maximum absolute atomic E-state index is 13.4. The molecule has 0 saturated carbocycles. The normalized spacial score (nSPS) is 10.6. The first kappa shape index (κ1) is 21.1. The quantitative estimate of drug-likeness (QED) is 0.474. The van der Waals surface area contributed by atoms with Gasteiger partial charge >= 0.3 is 0 Å². The Hall–Kier alpha value is -4.13. The molecule has 1 aromatic heterocycles. The van der Waals surface area contributed by atoms with E-state index in [2.05, 4.69) is 27.5 Å². The summed E-state index contributed by atoms with van der Waals surface area (Å²) in [6.45, 7) is 0.500. The predicted octanol–water partition coefficient (Wildman–Crippen LogP) is 4.32. The van der Waals surface area contributed by atoms with Crippen LogP contribution in [0, 0.1) is 0 Å². The zero-order valence-corrected chi connectivity index (χ0v) is 18.3. The standard InChI is InChI=1S/C25H25N5O2/c1-29(2)20-15-13-18(14-16-20)17-26-25-27-23(19-9-5-4-6-10-19)28-30(25)24(31)21-11-7-8-12-22(21)32-3/h4-16H,17H2,1-3H3,(H,26,27,28). The highest BCUT2D eigenvalue weighted by atomic mass is 16.5. The smallest absolute Gasteiger partial charge is 0.285 e. The van der Waals surface area contributed by atoms with Crippen LogP contribution in [0.3, 0.4) is 0 Å². The highest BCUT2D eigenvalue weighted by Gasteiger charge is 2.21. The molecule has 0 spiro atoms. The number of nitrogens with one attached hydrogen (secondary N) is 1. The summed E-state index contributed by atoms with van der Waals surface area (Å²) >= 11 is 0. The van der Waals surface area contributed by atoms with E-state index < -0.39 is 0 Å². The van der Waals surface area contributed by atoms with Crippen LogP contribution in [0.2, 0.25) is 0 Å². The Morgan fingerprint density at radius 1 is 0.969 bits per heavy atom. The van der Waals surface area contributed by atoms with Gasteiger partial charge in [0.2, 0.25) is 5.95 Å². The Labute approximate surface area is 187 Å². The van der Waals surface area contributed by atoms with Gasteiger partial charge in [0.15, 0.2) is 5.82 Å². The lowest BCUT2D eigenvalue weighted by Gasteiger charge is -2.13. The van der Waals surface area contributed by atoms with Gasteiger partial charge in [0, 0.05) is 31.9 Å². The Kier molecular flexibility index (Phi) is 6.17. The Balaban J connectivity index is 1.67. The molecule has 0 radical (unpaired) electrons. The molecular formula is C25H25N5O2. The van der Waals surface area contributed by atoms with Crippen LogP contribution >= 0.6 is 0 Å². The van der Waals surface area contributed by atoms with Gasteiger partial charge in [-0.15, -0.1) is 5.10 Å². The summed E-state index contributed by atoms with van der Waals surface area (Å²) < 4.78 is 6.67. The van der Waals surface area contributed by atoms with Gasteiger partial charge in [-0.3, -0.25) is 4.79 Å². The van der Waals surface area contributed by atoms with Crippen LogP contribution < -0.4 is 15.0 Å². The maximum atomic E-state index is 13.4. The lowest BCUT2D eigenvalue weighted by atomic mass is 10.2. The van der Waals surface area contributed by atoms with Crippen molar-refractivity contribution in [3.63, 3.8) is 0 Å². The first-order valence-electron chi connectivity index (χ1n) is 10.3. The topological polar surface area (TPSA) is 72.3 Å². The molecule has 0 saturated heterocycles. The Morgan fingerprint density at radius 2 is 1.66 bits per heavy atom. The molecule has 7 heteroatoms. The van der Waals surface area contributed by atoms with E-state index in [9.17, 15) is 4.79 Å². The third-order valence-corrected chi connectivity index (χ3v) is 5.07. The number of methoxy groups -OCH3 is 1. The summed E-state index contributed by atoms with van der Waals surface area (Å²) in [6.07, 6.45) is 0. The van der Waals surface area contributed by atoms with E-state index in [1.165, 1.54) is 4.68 Å². The van der Waals surface area contributed by atoms with Crippen molar-refractivity contribution in [3.05, 3.63) is 90.0 Å². The number of ether oxygens (including phenoxy) is 1. The molecule has 1 heterocycles. The van der Waals surface area contributed by atoms with Crippen LogP contribution in [-0.4, -0.2) is 41.9 Å². The molecule has 0 amide bonds. The van der Waals surface area contributed by atoms with E-state index in [1.807, 2.05) is 67.5 Å². The third-order valence-electron chi connectivity index (χ3n) is 5.07. The number of carbonyl (C=O) groups is 1. The number of carbonyl (C=O) groups excluding carboxylic acids is 1. The summed E-state index contributed by atoms with van der Waals surface area (Å²) in [6, 6.07) is 24.9. The number of hydrogen-bond acceptors (Lipinski definition) is 6. The van der Waals surface area contributed by atoms with Gasteiger partial charge in [0.25, 0.3) is 5.91 Å². The fourth-order valence-electron chi connectivity index (χ4n) is 3.31. The highest BCUT2D eigenvalue weighted by molar-refractivity contribution is 5.99. The van der Waals surface area contributed by atoms with Crippen molar-refractivity contribution in [3.8, 4) is 17.1 Å². The lowest BCUT2D eigenvalue weighted by Crippen LogP contribution is -2.18. The number of aromatic nitrogens is 3. The van der Waals surface area contributed by atoms with Gasteiger partial charge in [0.05, 0.1) is 12.7 Å². The third kappa shape index (κ3) is 4.46. The summed E-state index contributed by atoms with van der Waals surface area (Å²) in [5.41, 5.74) is 3.43. The number of nitrogens with zero attached hydrogens (tertiary/aromatic N) is 4. The number of rotatable bonds is 7. The highest BCUT2D eigenvalue weighted by Crippen LogP contribution is 2.23. The second-order valence-corrected chi connectivity index (χ2v) is 7.46. The fourth-order valence-corrected chi connectivity index (χ4v) is 3.31. The Bertz CT molecular complexity index is 1200. The zero-order valence-electron chi connectivity index (χ0n) is 18.3. The number of anilines is 2. The van der Waals surface area contributed by atoms with E-state index >= 15 is 0 Å². The van der Waals surface area contributed by atoms with E-state index in [-0.39, 0.29) is 5.91 Å². The minimum Gasteiger partial charge on any atom is -0.496 e. The summed E-state index contributed by atoms with van der Waals surface area (Å²) in [5, 5.41) is 7.78. The molecule has 0 aliphatic carbocycles. The molecule has 32 heavy (non-hydrogen) atoms. The van der Waals surface area contributed by atoms with Crippen LogP contribution in [0.15, 0.2) is 78.9 Å². The van der Waals surface area contributed by atoms with Crippen LogP contribution in [0.5, 0.6) is 5.75 Å². The fraction of sp³-hybridized carbons (Fsp3) is 0.160. The minimum atomic E-state index is -0.317. The van der Waals surface area contributed by atoms with E-state index in [0.29, 0.717) is 29.6 Å². The lowest BCUT2D eigenvalue weighted by molar-refractivity contribution is 0.0944. The number of para-hydroxylation sites is 1. The van der Waals surface area contributed by atoms with Crippen molar-refractivity contribution in [2.75, 3.05) is 31.4 Å². The summed E-state index contributed by atoms with van der Waals surface area (Å²) in [4.78, 5) is 20.0. The van der Waals surface area contributed by atoms with Crippen LogP contribution in [0.4, 0.5) is 11.6 Å². The van der Waals surface area contributed by atoms with Crippen LogP contribution in [0.1, 0.15) is 15.9 Å². The van der Waals surface area contributed by atoms with Gasteiger partial charge < -0.3 is 15.0 Å². The summed E-state index contributed by atoms with van der Waals surface area (Å²) in [7, 11) is 5.55. The van der Waals surface area contributed by atoms with E-state index in [1.54, 1.807) is 25.3 Å². The molecule has 162 valence electrons. The van der Waals surface area contributed by atoms with Crippen molar-refractivity contribution in [1.82, 2.24) is 14.8 Å². The molecule has 0 unspecified atom stereocenters. The second-order valence-electron chi connectivity index (χ2n) is 7.46. The molecule has 0 aliphatic heterocycles. The summed E-state index contributed by atoms with van der Waals surface area (Å²) in [5.74, 6) is 1.01. The molecular weight excluding hydrogens is 402 g/mol. The molecule has 4 rings (SSSR count). The van der Waals surface area contributed by atoms with Gasteiger partial charge in [-0.2, -0.15) is 9.67 Å². The molecule has 0 atom stereocenters. The second kappa shape index (κ2) is 9.34. The maximum Gasteiger partial charge on any atom is 0.285 e. The monoisotopic (exact) mass is 427 g/mol. The number of hydrogen-bond donors (Lipinski definition) is 1. The molecule has 3 aromatic carbocycles. The van der Waals surface area contributed by atoms with Gasteiger partial charge in [-0.1, -0.05) is 54.6 Å². The van der Waals surface area contributed by atoms with Crippen molar-refractivity contribution in [1.29, 1.82) is 0 Å². The molecule has 1 N–H and O–H groups in total. The first-order chi connectivity index (χ1) is 15.6. The Morgan fingerprint density at radius 3 is 2.34 bits per heavy atom. The molecule has 0 aliphatic rings. The van der Waals surface area contributed by atoms with E-state index in [0.717, 1.165) is 16.8 Å². The largest absolute Gasteiger partial charge is 0.496 e. The number of benzene rings is 3. The van der Waals surface area contributed by atoms with Gasteiger partial charge in [-0.05, 0) is 29.8 Å². The average Bonchev–Trinajstić information content (AvgIpc) is 3.27. The van der Waals surface area contributed by atoms with Crippen molar-refractivity contribution >= 4 is 17.5 Å². The molecule has 0 fully saturated rings. The van der Waals surface area contributed by atoms with Gasteiger partial charge in [0.1, 0.15) is 5.75 Å². The van der Waals surface area contributed by atoms with Crippen molar-refractivity contribution < 1.29 is 9.53 Å². The predicted molar refractivity (Wildman–Crippen MR) is 126 cm³/mol.